The van der Waals surface area contributed by atoms with Crippen molar-refractivity contribution in [2.24, 2.45) is 5.92 Å². The molecule has 0 fully saturated rings. The second-order valence-electron chi connectivity index (χ2n) is 8.82. The molecule has 0 aromatic heterocycles. The minimum absolute atomic E-state index is 0.119. The number of aliphatic hydroxyl groups excluding tert-OH is 1. The van der Waals surface area contributed by atoms with Crippen molar-refractivity contribution in [3.05, 3.63) is 90.5 Å². The van der Waals surface area contributed by atoms with Gasteiger partial charge in [-0.05, 0) is 73.6 Å². The van der Waals surface area contributed by atoms with Crippen LogP contribution in [0.15, 0.2) is 89.8 Å². The average Bonchev–Trinajstić information content (AvgIpc) is 2.94. The Labute approximate surface area is 233 Å². The molecule has 0 heterocycles. The fourth-order valence-electron chi connectivity index (χ4n) is 3.91. The van der Waals surface area contributed by atoms with Crippen LogP contribution in [0.25, 0.3) is 0 Å². The van der Waals surface area contributed by atoms with Gasteiger partial charge in [-0.25, -0.2) is 4.79 Å². The van der Waals surface area contributed by atoms with Crippen LogP contribution in [0.1, 0.15) is 31.4 Å². The highest BCUT2D eigenvalue weighted by atomic mass is 32.2. The molecule has 0 aliphatic heterocycles. The van der Waals surface area contributed by atoms with Crippen LogP contribution in [0.3, 0.4) is 0 Å². The van der Waals surface area contributed by atoms with Gasteiger partial charge in [-0.1, -0.05) is 43.3 Å². The third-order valence-corrected chi connectivity index (χ3v) is 6.68. The van der Waals surface area contributed by atoms with Crippen LogP contribution >= 0.6 is 11.8 Å². The third-order valence-electron chi connectivity index (χ3n) is 5.94. The van der Waals surface area contributed by atoms with E-state index in [1.807, 2.05) is 55.6 Å². The first-order valence-electron chi connectivity index (χ1n) is 12.7. The van der Waals surface area contributed by atoms with Crippen molar-refractivity contribution in [3.8, 4) is 5.75 Å². The summed E-state index contributed by atoms with van der Waals surface area (Å²) in [6, 6.07) is 21.9. The summed E-state index contributed by atoms with van der Waals surface area (Å²) in [7, 11) is 0. The summed E-state index contributed by atoms with van der Waals surface area (Å²) in [6.45, 7) is 1.96. The number of rotatable bonds is 13. The van der Waals surface area contributed by atoms with E-state index in [2.05, 4.69) is 10.6 Å². The number of allylic oxidation sites excluding steroid dienone is 1. The number of nitrogens with two attached hydrogens (primary N) is 1. The average molecular weight is 550 g/mol. The molecular weight excluding hydrogens is 514 g/mol. The van der Waals surface area contributed by atoms with Crippen LogP contribution in [0.2, 0.25) is 0 Å². The SMILES string of the molecule is CSc1ccc(NC(=O)O[C@@H](c2ccccc2OCCO)[C@H](C)CC/C=C/C(=O)Nc2ccccc2N)cc1. The first kappa shape index (κ1) is 29.6. The Morgan fingerprint density at radius 1 is 1.03 bits per heavy atom. The van der Waals surface area contributed by atoms with Crippen molar-refractivity contribution in [2.45, 2.75) is 30.8 Å². The lowest BCUT2D eigenvalue weighted by molar-refractivity contribution is -0.111. The molecule has 3 rings (SSSR count). The number of nitrogen functional groups attached to an aromatic ring is 1. The lowest BCUT2D eigenvalue weighted by Gasteiger charge is -2.26. The molecule has 3 aromatic rings. The molecule has 0 aliphatic rings. The molecule has 2 atom stereocenters. The molecule has 0 saturated carbocycles. The Hall–Kier alpha value is -3.95. The van der Waals surface area contributed by atoms with Crippen molar-refractivity contribution in [3.63, 3.8) is 0 Å². The molecule has 39 heavy (non-hydrogen) atoms. The third kappa shape index (κ3) is 9.38. The molecular formula is C30H35N3O5S. The highest BCUT2D eigenvalue weighted by Crippen LogP contribution is 2.35. The standard InChI is InChI=1S/C30H35N3O5S/c1-21(9-3-8-14-28(35)33-26-12-6-5-11-25(26)31)29(24-10-4-7-13-27(24)37-20-19-34)38-30(36)32-22-15-17-23(39-2)18-16-22/h4-8,10-18,21,29,34H,3,9,19-20,31H2,1-2H3,(H,32,36)(H,33,35)/b14-8+/t21-,29-/m1/s1. The number of anilines is 3. The number of carbonyl (C=O) groups excluding carboxylic acids is 2. The van der Waals surface area contributed by atoms with E-state index in [4.69, 9.17) is 15.2 Å². The van der Waals surface area contributed by atoms with Gasteiger partial charge in [0.2, 0.25) is 5.91 Å². The fourth-order valence-corrected chi connectivity index (χ4v) is 4.32. The van der Waals surface area contributed by atoms with Gasteiger partial charge >= 0.3 is 6.09 Å². The van der Waals surface area contributed by atoms with Crippen LogP contribution in [0, 0.1) is 5.92 Å². The fraction of sp³-hybridized carbons (Fsp3) is 0.267. The molecule has 5 N–H and O–H groups in total. The summed E-state index contributed by atoms with van der Waals surface area (Å²) in [6.07, 6.45) is 5.23. The second-order valence-corrected chi connectivity index (χ2v) is 9.70. The van der Waals surface area contributed by atoms with Gasteiger partial charge in [0, 0.05) is 16.1 Å². The van der Waals surface area contributed by atoms with Gasteiger partial charge in [-0.15, -0.1) is 11.8 Å². The van der Waals surface area contributed by atoms with Crippen LogP contribution in [0.4, 0.5) is 21.9 Å². The van der Waals surface area contributed by atoms with Gasteiger partial charge in [-0.3, -0.25) is 10.1 Å². The number of para-hydroxylation sites is 3. The predicted octanol–water partition coefficient (Wildman–Crippen LogP) is 6.26. The molecule has 0 unspecified atom stereocenters. The van der Waals surface area contributed by atoms with E-state index < -0.39 is 12.2 Å². The van der Waals surface area contributed by atoms with Crippen molar-refractivity contribution >= 4 is 40.8 Å². The smallest absolute Gasteiger partial charge is 0.412 e. The minimum Gasteiger partial charge on any atom is -0.491 e. The van der Waals surface area contributed by atoms with Gasteiger partial charge in [0.1, 0.15) is 18.5 Å². The maximum Gasteiger partial charge on any atom is 0.412 e. The van der Waals surface area contributed by atoms with E-state index >= 15 is 0 Å². The van der Waals surface area contributed by atoms with Crippen LogP contribution in [0.5, 0.6) is 5.75 Å². The largest absolute Gasteiger partial charge is 0.491 e. The zero-order valence-corrected chi connectivity index (χ0v) is 22.9. The Balaban J connectivity index is 1.68. The van der Waals surface area contributed by atoms with Gasteiger partial charge in [-0.2, -0.15) is 0 Å². The Bertz CT molecular complexity index is 1250. The molecule has 0 radical (unpaired) electrons. The lowest BCUT2D eigenvalue weighted by Crippen LogP contribution is -2.22. The summed E-state index contributed by atoms with van der Waals surface area (Å²) in [5.41, 5.74) is 8.27. The normalized spacial score (nSPS) is 12.5. The van der Waals surface area contributed by atoms with Crippen LogP contribution in [-0.2, 0) is 9.53 Å². The number of hydrogen-bond donors (Lipinski definition) is 4. The van der Waals surface area contributed by atoms with Crippen molar-refractivity contribution < 1.29 is 24.2 Å². The number of aliphatic hydroxyl groups is 1. The number of ether oxygens (including phenoxy) is 2. The van der Waals surface area contributed by atoms with E-state index in [1.165, 1.54) is 6.08 Å². The molecule has 8 nitrogen and oxygen atoms in total. The molecule has 206 valence electrons. The van der Waals surface area contributed by atoms with Gasteiger partial charge in [0.25, 0.3) is 0 Å². The number of thioether (sulfide) groups is 1. The maximum absolute atomic E-state index is 12.9. The van der Waals surface area contributed by atoms with Crippen molar-refractivity contribution in [1.29, 1.82) is 0 Å². The summed E-state index contributed by atoms with van der Waals surface area (Å²) < 4.78 is 11.7. The van der Waals surface area contributed by atoms with E-state index in [1.54, 1.807) is 48.2 Å². The van der Waals surface area contributed by atoms with E-state index in [0.717, 1.165) is 4.90 Å². The molecule has 9 heteroatoms. The molecule has 0 saturated heterocycles. The lowest BCUT2D eigenvalue weighted by atomic mass is 9.92. The van der Waals surface area contributed by atoms with Crippen molar-refractivity contribution in [1.82, 2.24) is 0 Å². The van der Waals surface area contributed by atoms with Gasteiger partial charge in [0.05, 0.1) is 18.0 Å². The summed E-state index contributed by atoms with van der Waals surface area (Å²) >= 11 is 1.62. The molecule has 0 spiro atoms. The van der Waals surface area contributed by atoms with Gasteiger partial charge < -0.3 is 25.6 Å². The summed E-state index contributed by atoms with van der Waals surface area (Å²) in [5.74, 6) is 0.143. The Kier molecular flexibility index (Phi) is 11.7. The highest BCUT2D eigenvalue weighted by molar-refractivity contribution is 7.98. The van der Waals surface area contributed by atoms with E-state index in [9.17, 15) is 14.7 Å². The number of carbonyl (C=O) groups is 2. The number of nitrogens with one attached hydrogen (secondary N) is 2. The number of amides is 2. The summed E-state index contributed by atoms with van der Waals surface area (Å²) in [5, 5.41) is 14.8. The van der Waals surface area contributed by atoms with Crippen LogP contribution < -0.4 is 21.1 Å². The highest BCUT2D eigenvalue weighted by Gasteiger charge is 2.26. The monoisotopic (exact) mass is 549 g/mol. The Morgan fingerprint density at radius 2 is 1.74 bits per heavy atom. The van der Waals surface area contributed by atoms with Crippen LogP contribution in [-0.4, -0.2) is 36.6 Å². The zero-order valence-electron chi connectivity index (χ0n) is 22.1. The topological polar surface area (TPSA) is 123 Å². The first-order chi connectivity index (χ1) is 18.9. The first-order valence-corrected chi connectivity index (χ1v) is 13.9. The molecule has 2 amide bonds. The quantitative estimate of drug-likeness (QED) is 0.113. The number of benzene rings is 3. The van der Waals surface area contributed by atoms with E-state index in [-0.39, 0.29) is 25.0 Å². The molecule has 3 aromatic carbocycles. The maximum atomic E-state index is 12.9. The second kappa shape index (κ2) is 15.5. The Morgan fingerprint density at radius 3 is 2.46 bits per heavy atom. The van der Waals surface area contributed by atoms with Gasteiger partial charge in [0.15, 0.2) is 0 Å². The minimum atomic E-state index is -0.628. The van der Waals surface area contributed by atoms with E-state index in [0.29, 0.717) is 41.2 Å². The van der Waals surface area contributed by atoms with Crippen molar-refractivity contribution in [2.75, 3.05) is 35.8 Å². The predicted molar refractivity (Wildman–Crippen MR) is 157 cm³/mol. The molecule has 0 aliphatic carbocycles. The zero-order chi connectivity index (χ0) is 28.0. The summed E-state index contributed by atoms with van der Waals surface area (Å²) in [4.78, 5) is 26.3. The number of hydrogen-bond acceptors (Lipinski definition) is 7. The molecule has 0 bridgehead atoms.